The average Bonchev–Trinajstić information content (AvgIpc) is 3.02. The van der Waals surface area contributed by atoms with Gasteiger partial charge in [0, 0.05) is 24.2 Å². The first kappa shape index (κ1) is 16.7. The van der Waals surface area contributed by atoms with Gasteiger partial charge in [-0.25, -0.2) is 0 Å². The highest BCUT2D eigenvalue weighted by Gasteiger charge is 2.11. The lowest BCUT2D eigenvalue weighted by molar-refractivity contribution is 0.414. The number of halogens is 1. The molecule has 0 radical (unpaired) electrons. The van der Waals surface area contributed by atoms with Crippen LogP contribution < -0.4 is 15.4 Å². The van der Waals surface area contributed by atoms with Crippen molar-refractivity contribution in [3.63, 3.8) is 0 Å². The quantitative estimate of drug-likeness (QED) is 0.480. The van der Waals surface area contributed by atoms with Gasteiger partial charge in [0.1, 0.15) is 5.75 Å². The molecular formula is C17H24ClN3O. The fourth-order valence-electron chi connectivity index (χ4n) is 2.39. The molecule has 0 bridgehead atoms. The van der Waals surface area contributed by atoms with Crippen LogP contribution in [0.15, 0.2) is 35.3 Å². The van der Waals surface area contributed by atoms with Crippen molar-refractivity contribution in [3.05, 3.63) is 40.9 Å². The van der Waals surface area contributed by atoms with E-state index in [0.29, 0.717) is 12.6 Å². The SMILES string of the molecule is CCNC(=NCCc1ccc(OC)cc1Cl)NC1CC=CC1. The van der Waals surface area contributed by atoms with Gasteiger partial charge in [-0.3, -0.25) is 4.99 Å². The molecule has 1 aromatic carbocycles. The fraction of sp³-hybridized carbons (Fsp3) is 0.471. The number of nitrogens with zero attached hydrogens (tertiary/aromatic N) is 1. The minimum Gasteiger partial charge on any atom is -0.497 e. The van der Waals surface area contributed by atoms with Crippen molar-refractivity contribution in [2.24, 2.45) is 4.99 Å². The highest BCUT2D eigenvalue weighted by atomic mass is 35.5. The number of guanidine groups is 1. The molecule has 2 N–H and O–H groups in total. The number of hydrogen-bond donors (Lipinski definition) is 2. The van der Waals surface area contributed by atoms with Crippen LogP contribution in [-0.4, -0.2) is 32.2 Å². The molecule has 1 aliphatic carbocycles. The van der Waals surface area contributed by atoms with Crippen molar-refractivity contribution in [1.29, 1.82) is 0 Å². The normalized spacial score (nSPS) is 15.1. The molecule has 120 valence electrons. The Labute approximate surface area is 137 Å². The van der Waals surface area contributed by atoms with E-state index in [-0.39, 0.29) is 0 Å². The molecular weight excluding hydrogens is 298 g/mol. The molecule has 0 spiro atoms. The third-order valence-corrected chi connectivity index (χ3v) is 3.96. The van der Waals surface area contributed by atoms with Gasteiger partial charge >= 0.3 is 0 Å². The Morgan fingerprint density at radius 1 is 1.36 bits per heavy atom. The van der Waals surface area contributed by atoms with Crippen molar-refractivity contribution >= 4 is 17.6 Å². The van der Waals surface area contributed by atoms with Crippen LogP contribution in [0.2, 0.25) is 5.02 Å². The Bertz CT molecular complexity index is 535. The van der Waals surface area contributed by atoms with Gasteiger partial charge in [-0.15, -0.1) is 0 Å². The number of rotatable bonds is 6. The summed E-state index contributed by atoms with van der Waals surface area (Å²) in [7, 11) is 1.64. The zero-order valence-corrected chi connectivity index (χ0v) is 14.0. The van der Waals surface area contributed by atoms with E-state index in [4.69, 9.17) is 16.3 Å². The molecule has 0 saturated heterocycles. The number of benzene rings is 1. The molecule has 0 aliphatic heterocycles. The predicted molar refractivity (Wildman–Crippen MR) is 93.0 cm³/mol. The third kappa shape index (κ3) is 4.95. The maximum atomic E-state index is 6.25. The molecule has 0 fully saturated rings. The Hall–Kier alpha value is -1.68. The van der Waals surface area contributed by atoms with E-state index in [1.54, 1.807) is 7.11 Å². The van der Waals surface area contributed by atoms with Gasteiger partial charge in [0.2, 0.25) is 0 Å². The van der Waals surface area contributed by atoms with Gasteiger partial charge in [-0.05, 0) is 43.9 Å². The van der Waals surface area contributed by atoms with E-state index in [9.17, 15) is 0 Å². The highest BCUT2D eigenvalue weighted by Crippen LogP contribution is 2.22. The summed E-state index contributed by atoms with van der Waals surface area (Å²) in [4.78, 5) is 4.63. The van der Waals surface area contributed by atoms with Gasteiger partial charge < -0.3 is 15.4 Å². The van der Waals surface area contributed by atoms with E-state index in [1.165, 1.54) is 0 Å². The minimum atomic E-state index is 0.461. The van der Waals surface area contributed by atoms with E-state index in [0.717, 1.165) is 48.1 Å². The lowest BCUT2D eigenvalue weighted by Gasteiger charge is -2.16. The van der Waals surface area contributed by atoms with Crippen molar-refractivity contribution in [2.45, 2.75) is 32.2 Å². The van der Waals surface area contributed by atoms with E-state index in [1.807, 2.05) is 18.2 Å². The fourth-order valence-corrected chi connectivity index (χ4v) is 2.66. The molecule has 0 aromatic heterocycles. The Balaban J connectivity index is 1.89. The van der Waals surface area contributed by atoms with Gasteiger partial charge in [-0.1, -0.05) is 29.8 Å². The molecule has 0 unspecified atom stereocenters. The topological polar surface area (TPSA) is 45.7 Å². The summed E-state index contributed by atoms with van der Waals surface area (Å²) in [6, 6.07) is 6.23. The standard InChI is InChI=1S/C17H24ClN3O/c1-3-19-17(21-14-6-4-5-7-14)20-11-10-13-8-9-15(22-2)12-16(13)18/h4-5,8-9,12,14H,3,6-7,10-11H2,1-2H3,(H2,19,20,21). The van der Waals surface area contributed by atoms with Crippen LogP contribution in [-0.2, 0) is 6.42 Å². The molecule has 0 heterocycles. The second kappa shape index (κ2) is 8.69. The second-order valence-corrected chi connectivity index (χ2v) is 5.66. The molecule has 22 heavy (non-hydrogen) atoms. The first-order valence-corrected chi connectivity index (χ1v) is 8.13. The summed E-state index contributed by atoms with van der Waals surface area (Å²) in [5, 5.41) is 7.48. The molecule has 1 aliphatic rings. The summed E-state index contributed by atoms with van der Waals surface area (Å²) in [5.41, 5.74) is 1.09. The molecule has 0 atom stereocenters. The van der Waals surface area contributed by atoms with Crippen molar-refractivity contribution < 1.29 is 4.74 Å². The van der Waals surface area contributed by atoms with Crippen LogP contribution in [0.25, 0.3) is 0 Å². The van der Waals surface area contributed by atoms with E-state index in [2.05, 4.69) is 34.7 Å². The molecule has 0 amide bonds. The third-order valence-electron chi connectivity index (χ3n) is 3.60. The average molecular weight is 322 g/mol. The van der Waals surface area contributed by atoms with E-state index < -0.39 is 0 Å². The monoisotopic (exact) mass is 321 g/mol. The maximum absolute atomic E-state index is 6.25. The van der Waals surface area contributed by atoms with Gasteiger partial charge in [0.05, 0.1) is 7.11 Å². The maximum Gasteiger partial charge on any atom is 0.191 e. The molecule has 1 aromatic rings. The highest BCUT2D eigenvalue weighted by molar-refractivity contribution is 6.31. The zero-order chi connectivity index (χ0) is 15.8. The van der Waals surface area contributed by atoms with E-state index >= 15 is 0 Å². The van der Waals surface area contributed by atoms with Crippen LogP contribution in [0.3, 0.4) is 0 Å². The Kier molecular flexibility index (Phi) is 6.59. The lowest BCUT2D eigenvalue weighted by atomic mass is 10.1. The number of nitrogens with one attached hydrogen (secondary N) is 2. The van der Waals surface area contributed by atoms with Crippen molar-refractivity contribution in [1.82, 2.24) is 10.6 Å². The first-order valence-electron chi connectivity index (χ1n) is 7.75. The van der Waals surface area contributed by atoms with Crippen LogP contribution in [0.5, 0.6) is 5.75 Å². The summed E-state index contributed by atoms with van der Waals surface area (Å²) < 4.78 is 5.16. The summed E-state index contributed by atoms with van der Waals surface area (Å²) in [6.07, 6.45) is 7.35. The summed E-state index contributed by atoms with van der Waals surface area (Å²) >= 11 is 6.25. The lowest BCUT2D eigenvalue weighted by Crippen LogP contribution is -2.42. The smallest absolute Gasteiger partial charge is 0.191 e. The molecule has 2 rings (SSSR count). The minimum absolute atomic E-state index is 0.461. The predicted octanol–water partition coefficient (Wildman–Crippen LogP) is 3.16. The van der Waals surface area contributed by atoms with Gasteiger partial charge in [-0.2, -0.15) is 0 Å². The molecule has 4 nitrogen and oxygen atoms in total. The second-order valence-electron chi connectivity index (χ2n) is 5.25. The van der Waals surface area contributed by atoms with Crippen LogP contribution in [0.1, 0.15) is 25.3 Å². The summed E-state index contributed by atoms with van der Waals surface area (Å²) in [5.74, 6) is 1.65. The largest absolute Gasteiger partial charge is 0.497 e. The van der Waals surface area contributed by atoms with Crippen molar-refractivity contribution in [3.8, 4) is 5.75 Å². The summed E-state index contributed by atoms with van der Waals surface area (Å²) in [6.45, 7) is 3.63. The van der Waals surface area contributed by atoms with Crippen LogP contribution >= 0.6 is 11.6 Å². The molecule has 0 saturated carbocycles. The zero-order valence-electron chi connectivity index (χ0n) is 13.2. The number of hydrogen-bond acceptors (Lipinski definition) is 2. The first-order chi connectivity index (χ1) is 10.7. The Morgan fingerprint density at radius 2 is 2.14 bits per heavy atom. The number of ether oxygens (including phenoxy) is 1. The van der Waals surface area contributed by atoms with Gasteiger partial charge in [0.25, 0.3) is 0 Å². The van der Waals surface area contributed by atoms with Gasteiger partial charge in [0.15, 0.2) is 5.96 Å². The van der Waals surface area contributed by atoms with Crippen LogP contribution in [0.4, 0.5) is 0 Å². The Morgan fingerprint density at radius 3 is 2.77 bits per heavy atom. The number of methoxy groups -OCH3 is 1. The number of aliphatic imine (C=N–C) groups is 1. The molecule has 5 heteroatoms. The van der Waals surface area contributed by atoms with Crippen LogP contribution in [0, 0.1) is 0 Å². The van der Waals surface area contributed by atoms with Crippen molar-refractivity contribution in [2.75, 3.05) is 20.2 Å².